The summed E-state index contributed by atoms with van der Waals surface area (Å²) in [5.74, 6) is -0.121. The number of aryl methyl sites for hydroxylation is 1. The van der Waals surface area contributed by atoms with Gasteiger partial charge in [-0.2, -0.15) is 0 Å². The molecule has 2 N–H and O–H groups in total. The second-order valence-electron chi connectivity index (χ2n) is 5.99. The van der Waals surface area contributed by atoms with Gasteiger partial charge in [-0.25, -0.2) is 0 Å². The van der Waals surface area contributed by atoms with E-state index in [1.807, 2.05) is 12.1 Å². The Morgan fingerprint density at radius 3 is 2.52 bits per heavy atom. The summed E-state index contributed by atoms with van der Waals surface area (Å²) >= 11 is 5.83. The SMILES string of the molecule is O=C(Nc1ccc(CC[C@@H]2CCCN2)cc1)c1ccc(Cl)cc1. The van der Waals surface area contributed by atoms with Crippen LogP contribution in [0.3, 0.4) is 0 Å². The highest BCUT2D eigenvalue weighted by Gasteiger charge is 2.13. The summed E-state index contributed by atoms with van der Waals surface area (Å²) in [5, 5.41) is 7.06. The van der Waals surface area contributed by atoms with Crippen molar-refractivity contribution in [3.63, 3.8) is 0 Å². The van der Waals surface area contributed by atoms with Crippen LogP contribution in [0, 0.1) is 0 Å². The molecule has 0 unspecified atom stereocenters. The number of nitrogens with one attached hydrogen (secondary N) is 2. The fraction of sp³-hybridized carbons (Fsp3) is 0.316. The Balaban J connectivity index is 1.54. The van der Waals surface area contributed by atoms with E-state index in [4.69, 9.17) is 11.6 Å². The molecule has 120 valence electrons. The maximum absolute atomic E-state index is 12.1. The molecule has 23 heavy (non-hydrogen) atoms. The summed E-state index contributed by atoms with van der Waals surface area (Å²) in [5.41, 5.74) is 2.72. The second-order valence-corrected chi connectivity index (χ2v) is 6.43. The van der Waals surface area contributed by atoms with E-state index in [-0.39, 0.29) is 5.91 Å². The molecule has 3 rings (SSSR count). The van der Waals surface area contributed by atoms with Crippen molar-refractivity contribution in [1.29, 1.82) is 0 Å². The molecular formula is C19H21ClN2O. The zero-order valence-corrected chi connectivity index (χ0v) is 13.8. The van der Waals surface area contributed by atoms with Gasteiger partial charge in [-0.15, -0.1) is 0 Å². The smallest absolute Gasteiger partial charge is 0.255 e. The van der Waals surface area contributed by atoms with Crippen LogP contribution in [0.2, 0.25) is 5.02 Å². The molecule has 1 aliphatic rings. The fourth-order valence-electron chi connectivity index (χ4n) is 2.90. The summed E-state index contributed by atoms with van der Waals surface area (Å²) in [7, 11) is 0. The molecule has 1 atom stereocenters. The Morgan fingerprint density at radius 1 is 1.13 bits per heavy atom. The molecule has 0 bridgehead atoms. The van der Waals surface area contributed by atoms with Crippen LogP contribution < -0.4 is 10.6 Å². The first-order chi connectivity index (χ1) is 11.2. The molecule has 0 spiro atoms. The standard InChI is InChI=1S/C19H21ClN2O/c20-16-8-6-15(7-9-16)19(23)22-18-11-4-14(5-12-18)3-10-17-2-1-13-21-17/h4-9,11-12,17,21H,1-3,10,13H2,(H,22,23)/t17-/m0/s1. The Morgan fingerprint density at radius 2 is 1.87 bits per heavy atom. The van der Waals surface area contributed by atoms with Crippen molar-refractivity contribution in [3.05, 3.63) is 64.7 Å². The van der Waals surface area contributed by atoms with Crippen LogP contribution in [0.25, 0.3) is 0 Å². The number of anilines is 1. The molecule has 3 nitrogen and oxygen atoms in total. The third-order valence-electron chi connectivity index (χ3n) is 4.26. The van der Waals surface area contributed by atoms with Gasteiger partial charge in [0.1, 0.15) is 0 Å². The third kappa shape index (κ3) is 4.57. The van der Waals surface area contributed by atoms with Crippen molar-refractivity contribution in [2.45, 2.75) is 31.7 Å². The lowest BCUT2D eigenvalue weighted by Gasteiger charge is -2.10. The monoisotopic (exact) mass is 328 g/mol. The minimum Gasteiger partial charge on any atom is -0.322 e. The number of carbonyl (C=O) groups excluding carboxylic acids is 1. The summed E-state index contributed by atoms with van der Waals surface area (Å²) in [4.78, 5) is 12.1. The summed E-state index contributed by atoms with van der Waals surface area (Å²) in [6.45, 7) is 1.15. The second kappa shape index (κ2) is 7.62. The van der Waals surface area contributed by atoms with Crippen LogP contribution in [-0.4, -0.2) is 18.5 Å². The predicted molar refractivity (Wildman–Crippen MR) is 95.2 cm³/mol. The molecule has 2 aromatic rings. The van der Waals surface area contributed by atoms with Gasteiger partial charge in [-0.3, -0.25) is 4.79 Å². The minimum absolute atomic E-state index is 0.121. The predicted octanol–water partition coefficient (Wildman–Crippen LogP) is 4.28. The number of carbonyl (C=O) groups is 1. The van der Waals surface area contributed by atoms with Crippen LogP contribution in [-0.2, 0) is 6.42 Å². The van der Waals surface area contributed by atoms with E-state index in [2.05, 4.69) is 22.8 Å². The Hall–Kier alpha value is -1.84. The number of benzene rings is 2. The lowest BCUT2D eigenvalue weighted by Crippen LogP contribution is -2.21. The number of halogens is 1. The molecule has 0 radical (unpaired) electrons. The van der Waals surface area contributed by atoms with Crippen molar-refractivity contribution in [2.75, 3.05) is 11.9 Å². The Kier molecular flexibility index (Phi) is 5.31. The van der Waals surface area contributed by atoms with Gasteiger partial charge in [0, 0.05) is 22.3 Å². The first kappa shape index (κ1) is 16.0. The summed E-state index contributed by atoms with van der Waals surface area (Å²) < 4.78 is 0. The van der Waals surface area contributed by atoms with E-state index in [1.54, 1.807) is 24.3 Å². The van der Waals surface area contributed by atoms with Gasteiger partial charge >= 0.3 is 0 Å². The van der Waals surface area contributed by atoms with Gasteiger partial charge in [0.2, 0.25) is 0 Å². The highest BCUT2D eigenvalue weighted by Crippen LogP contribution is 2.16. The highest BCUT2D eigenvalue weighted by molar-refractivity contribution is 6.30. The van der Waals surface area contributed by atoms with E-state index in [0.717, 1.165) is 18.7 Å². The quantitative estimate of drug-likeness (QED) is 0.860. The van der Waals surface area contributed by atoms with Crippen LogP contribution >= 0.6 is 11.6 Å². The van der Waals surface area contributed by atoms with Crippen LogP contribution in [0.1, 0.15) is 35.2 Å². The maximum atomic E-state index is 12.1. The highest BCUT2D eigenvalue weighted by atomic mass is 35.5. The first-order valence-electron chi connectivity index (χ1n) is 8.10. The molecule has 1 aliphatic heterocycles. The van der Waals surface area contributed by atoms with Gasteiger partial charge in [0.15, 0.2) is 0 Å². The lowest BCUT2D eigenvalue weighted by molar-refractivity contribution is 0.102. The molecular weight excluding hydrogens is 308 g/mol. The Labute approximate surface area is 142 Å². The number of amides is 1. The number of hydrogen-bond acceptors (Lipinski definition) is 2. The third-order valence-corrected chi connectivity index (χ3v) is 4.51. The molecule has 2 aromatic carbocycles. The van der Waals surface area contributed by atoms with Crippen molar-refractivity contribution in [1.82, 2.24) is 5.32 Å². The van der Waals surface area contributed by atoms with E-state index >= 15 is 0 Å². The zero-order chi connectivity index (χ0) is 16.1. The zero-order valence-electron chi connectivity index (χ0n) is 13.0. The average molecular weight is 329 g/mol. The van der Waals surface area contributed by atoms with Gasteiger partial charge in [0.25, 0.3) is 5.91 Å². The van der Waals surface area contributed by atoms with Crippen LogP contribution in [0.5, 0.6) is 0 Å². The molecule has 0 aliphatic carbocycles. The maximum Gasteiger partial charge on any atom is 0.255 e. The Bertz CT molecular complexity index is 646. The molecule has 1 saturated heterocycles. The molecule has 0 aromatic heterocycles. The van der Waals surface area contributed by atoms with Gasteiger partial charge in [-0.05, 0) is 74.2 Å². The molecule has 1 heterocycles. The van der Waals surface area contributed by atoms with Crippen LogP contribution in [0.15, 0.2) is 48.5 Å². The van der Waals surface area contributed by atoms with Crippen molar-refractivity contribution >= 4 is 23.2 Å². The minimum atomic E-state index is -0.121. The van der Waals surface area contributed by atoms with E-state index in [9.17, 15) is 4.79 Å². The normalized spacial score (nSPS) is 17.2. The molecule has 4 heteroatoms. The van der Waals surface area contributed by atoms with Gasteiger partial charge in [-0.1, -0.05) is 23.7 Å². The van der Waals surface area contributed by atoms with E-state index in [1.165, 1.54) is 24.8 Å². The number of hydrogen-bond donors (Lipinski definition) is 2. The van der Waals surface area contributed by atoms with Crippen molar-refractivity contribution < 1.29 is 4.79 Å². The van der Waals surface area contributed by atoms with Gasteiger partial charge < -0.3 is 10.6 Å². The summed E-state index contributed by atoms with van der Waals surface area (Å²) in [6.07, 6.45) is 4.83. The summed E-state index contributed by atoms with van der Waals surface area (Å²) in [6, 6.07) is 15.7. The first-order valence-corrected chi connectivity index (χ1v) is 8.48. The van der Waals surface area contributed by atoms with Crippen LogP contribution in [0.4, 0.5) is 5.69 Å². The average Bonchev–Trinajstić information content (AvgIpc) is 3.08. The van der Waals surface area contributed by atoms with Crippen molar-refractivity contribution in [3.8, 4) is 0 Å². The molecule has 1 amide bonds. The molecule has 1 fully saturated rings. The van der Waals surface area contributed by atoms with Crippen molar-refractivity contribution in [2.24, 2.45) is 0 Å². The largest absolute Gasteiger partial charge is 0.322 e. The topological polar surface area (TPSA) is 41.1 Å². The van der Waals surface area contributed by atoms with Gasteiger partial charge in [0.05, 0.1) is 0 Å². The lowest BCUT2D eigenvalue weighted by atomic mass is 10.0. The molecule has 0 saturated carbocycles. The fourth-order valence-corrected chi connectivity index (χ4v) is 3.03. The van der Waals surface area contributed by atoms with E-state index < -0.39 is 0 Å². The van der Waals surface area contributed by atoms with E-state index in [0.29, 0.717) is 16.6 Å². The number of rotatable bonds is 5.